The summed E-state index contributed by atoms with van der Waals surface area (Å²) in [6.07, 6.45) is 0.843. The molecule has 0 radical (unpaired) electrons. The van der Waals surface area contributed by atoms with Gasteiger partial charge in [0.25, 0.3) is 0 Å². The third-order valence-electron chi connectivity index (χ3n) is 2.76. The normalized spacial score (nSPS) is 11.0. The number of aryl methyl sites for hydroxylation is 3. The third kappa shape index (κ3) is 1.61. The Morgan fingerprint density at radius 2 is 2.06 bits per heavy atom. The largest absolute Gasteiger partial charge is 0.390 e. The molecule has 2 aromatic rings. The topological polar surface area (TPSA) is 56.7 Å². The number of aromatic nitrogens is 3. The van der Waals surface area contributed by atoms with E-state index in [1.54, 1.807) is 11.3 Å². The number of hydrogen-bond acceptors (Lipinski definition) is 4. The van der Waals surface area contributed by atoms with Crippen molar-refractivity contribution < 1.29 is 0 Å². The number of nitrogen functional groups attached to an aromatic ring is 1. The van der Waals surface area contributed by atoms with Gasteiger partial charge >= 0.3 is 0 Å². The maximum Gasteiger partial charge on any atom is 0.161 e. The van der Waals surface area contributed by atoms with Crippen LogP contribution in [0.2, 0.25) is 0 Å². The zero-order valence-corrected chi connectivity index (χ0v) is 10.9. The fourth-order valence-electron chi connectivity index (χ4n) is 1.74. The zero-order chi connectivity index (χ0) is 11.9. The van der Waals surface area contributed by atoms with Gasteiger partial charge < -0.3 is 5.73 Å². The Morgan fingerprint density at radius 1 is 1.38 bits per heavy atom. The van der Waals surface area contributed by atoms with Gasteiger partial charge in [-0.1, -0.05) is 6.92 Å². The Hall–Kier alpha value is -1.36. The van der Waals surface area contributed by atoms with Crippen molar-refractivity contribution in [1.82, 2.24) is 14.8 Å². The van der Waals surface area contributed by atoms with E-state index in [4.69, 9.17) is 5.73 Å². The quantitative estimate of drug-likeness (QED) is 0.870. The highest BCUT2D eigenvalue weighted by Crippen LogP contribution is 2.36. The first kappa shape index (κ1) is 11.1. The van der Waals surface area contributed by atoms with E-state index < -0.39 is 0 Å². The Bertz CT molecular complexity index is 524. The van der Waals surface area contributed by atoms with Crippen LogP contribution in [0.25, 0.3) is 11.4 Å². The summed E-state index contributed by atoms with van der Waals surface area (Å²) in [5.41, 5.74) is 8.28. The predicted molar refractivity (Wildman–Crippen MR) is 67.6 cm³/mol. The maximum absolute atomic E-state index is 6.03. The minimum absolute atomic E-state index is 0.827. The van der Waals surface area contributed by atoms with Crippen molar-refractivity contribution in [2.24, 2.45) is 7.05 Å². The first-order chi connectivity index (χ1) is 7.54. The molecule has 2 heterocycles. The van der Waals surface area contributed by atoms with Crippen LogP contribution in [0.15, 0.2) is 0 Å². The minimum Gasteiger partial charge on any atom is -0.390 e. The van der Waals surface area contributed by atoms with E-state index in [2.05, 4.69) is 23.9 Å². The van der Waals surface area contributed by atoms with E-state index in [9.17, 15) is 0 Å². The molecule has 2 N–H and O–H groups in total. The molecule has 5 heteroatoms. The summed E-state index contributed by atoms with van der Waals surface area (Å²) in [7, 11) is 1.91. The number of hydrogen-bond donors (Lipinski definition) is 1. The fraction of sp³-hybridized carbons (Fsp3) is 0.455. The second-order valence-electron chi connectivity index (χ2n) is 3.85. The van der Waals surface area contributed by atoms with Crippen LogP contribution in [0.3, 0.4) is 0 Å². The van der Waals surface area contributed by atoms with Crippen LogP contribution >= 0.6 is 11.3 Å². The van der Waals surface area contributed by atoms with Crippen LogP contribution in [-0.2, 0) is 13.5 Å². The molecule has 0 aromatic carbocycles. The average molecular weight is 236 g/mol. The van der Waals surface area contributed by atoms with E-state index in [1.807, 2.05) is 18.7 Å². The van der Waals surface area contributed by atoms with Crippen LogP contribution in [0, 0.1) is 13.8 Å². The van der Waals surface area contributed by atoms with Gasteiger partial charge in [-0.3, -0.25) is 0 Å². The standard InChI is InChI=1S/C11H16N4S/c1-5-8-13-11(15(4)14-8)9-6(2)7(3)16-10(9)12/h5,12H2,1-4H3. The van der Waals surface area contributed by atoms with Crippen molar-refractivity contribution in [3.05, 3.63) is 16.3 Å². The lowest BCUT2D eigenvalue weighted by atomic mass is 10.1. The van der Waals surface area contributed by atoms with E-state index in [0.29, 0.717) is 0 Å². The summed E-state index contributed by atoms with van der Waals surface area (Å²) in [5, 5.41) is 5.18. The van der Waals surface area contributed by atoms with Crippen molar-refractivity contribution in [3.8, 4) is 11.4 Å². The van der Waals surface area contributed by atoms with Gasteiger partial charge in [0.05, 0.1) is 10.6 Å². The van der Waals surface area contributed by atoms with E-state index in [-0.39, 0.29) is 0 Å². The summed E-state index contributed by atoms with van der Waals surface area (Å²) >= 11 is 1.61. The molecule has 0 fully saturated rings. The van der Waals surface area contributed by atoms with Crippen molar-refractivity contribution in [1.29, 1.82) is 0 Å². The van der Waals surface area contributed by atoms with Gasteiger partial charge in [-0.05, 0) is 19.4 Å². The third-order valence-corrected chi connectivity index (χ3v) is 3.80. The summed E-state index contributed by atoms with van der Waals surface area (Å²) in [6, 6.07) is 0. The molecule has 0 atom stereocenters. The number of thiophene rings is 1. The van der Waals surface area contributed by atoms with E-state index >= 15 is 0 Å². The average Bonchev–Trinajstić information content (AvgIpc) is 2.70. The van der Waals surface area contributed by atoms with Crippen LogP contribution in [-0.4, -0.2) is 14.8 Å². The molecule has 86 valence electrons. The molecule has 0 saturated carbocycles. The Kier molecular flexibility index (Phi) is 2.71. The molecule has 0 spiro atoms. The Labute approximate surface area is 99.1 Å². The fourth-order valence-corrected chi connectivity index (χ4v) is 2.67. The highest BCUT2D eigenvalue weighted by atomic mass is 32.1. The van der Waals surface area contributed by atoms with Crippen LogP contribution in [0.4, 0.5) is 5.00 Å². The van der Waals surface area contributed by atoms with Gasteiger partial charge in [0.1, 0.15) is 0 Å². The molecule has 16 heavy (non-hydrogen) atoms. The van der Waals surface area contributed by atoms with Crippen LogP contribution in [0.5, 0.6) is 0 Å². The number of anilines is 1. The molecule has 0 bridgehead atoms. The number of rotatable bonds is 2. The second-order valence-corrected chi connectivity index (χ2v) is 5.11. The molecule has 0 aliphatic heterocycles. The van der Waals surface area contributed by atoms with E-state index in [1.165, 1.54) is 10.4 Å². The van der Waals surface area contributed by atoms with Crippen LogP contribution < -0.4 is 5.73 Å². The zero-order valence-electron chi connectivity index (χ0n) is 10.0. The summed E-state index contributed by atoms with van der Waals surface area (Å²) in [5.74, 6) is 1.73. The molecule has 2 rings (SSSR count). The molecular weight excluding hydrogens is 220 g/mol. The van der Waals surface area contributed by atoms with Crippen molar-refractivity contribution in [3.63, 3.8) is 0 Å². The molecule has 0 amide bonds. The SMILES string of the molecule is CCc1nc(-c2c(N)sc(C)c2C)n(C)n1. The van der Waals surface area contributed by atoms with Gasteiger partial charge in [0.2, 0.25) is 0 Å². The highest BCUT2D eigenvalue weighted by molar-refractivity contribution is 7.16. The smallest absolute Gasteiger partial charge is 0.161 e. The summed E-state index contributed by atoms with van der Waals surface area (Å²) in [6.45, 7) is 6.21. The van der Waals surface area contributed by atoms with Crippen molar-refractivity contribution >= 4 is 16.3 Å². The predicted octanol–water partition coefficient (Wildman–Crippen LogP) is 2.31. The molecular formula is C11H16N4S. The first-order valence-electron chi connectivity index (χ1n) is 5.30. The maximum atomic E-state index is 6.03. The van der Waals surface area contributed by atoms with Gasteiger partial charge in [-0.2, -0.15) is 5.10 Å². The van der Waals surface area contributed by atoms with Gasteiger partial charge in [0.15, 0.2) is 11.6 Å². The molecule has 0 aliphatic rings. The Morgan fingerprint density at radius 3 is 2.50 bits per heavy atom. The first-order valence-corrected chi connectivity index (χ1v) is 6.12. The molecule has 4 nitrogen and oxygen atoms in total. The monoisotopic (exact) mass is 236 g/mol. The number of nitrogens with two attached hydrogens (primary N) is 1. The minimum atomic E-state index is 0.827. The van der Waals surface area contributed by atoms with Gasteiger partial charge in [-0.25, -0.2) is 9.67 Å². The van der Waals surface area contributed by atoms with Gasteiger partial charge in [-0.15, -0.1) is 11.3 Å². The molecule has 0 aliphatic carbocycles. The number of nitrogens with zero attached hydrogens (tertiary/aromatic N) is 3. The summed E-state index contributed by atoms with van der Waals surface area (Å²) < 4.78 is 1.81. The van der Waals surface area contributed by atoms with Crippen LogP contribution in [0.1, 0.15) is 23.2 Å². The molecule has 2 aromatic heterocycles. The highest BCUT2D eigenvalue weighted by Gasteiger charge is 2.17. The Balaban J connectivity index is 2.62. The lowest BCUT2D eigenvalue weighted by Gasteiger charge is -2.00. The molecule has 0 unspecified atom stereocenters. The second kappa shape index (κ2) is 3.90. The van der Waals surface area contributed by atoms with Crippen molar-refractivity contribution in [2.45, 2.75) is 27.2 Å². The molecule has 0 saturated heterocycles. The van der Waals surface area contributed by atoms with Gasteiger partial charge in [0, 0.05) is 18.3 Å². The lowest BCUT2D eigenvalue weighted by Crippen LogP contribution is -1.97. The van der Waals surface area contributed by atoms with E-state index in [0.717, 1.165) is 28.6 Å². The lowest BCUT2D eigenvalue weighted by molar-refractivity contribution is 0.752. The van der Waals surface area contributed by atoms with Crippen molar-refractivity contribution in [2.75, 3.05) is 5.73 Å². The summed E-state index contributed by atoms with van der Waals surface area (Å²) in [4.78, 5) is 5.76.